The van der Waals surface area contributed by atoms with Gasteiger partial charge in [0.25, 0.3) is 5.91 Å². The van der Waals surface area contributed by atoms with Crippen molar-refractivity contribution in [2.45, 2.75) is 0 Å². The van der Waals surface area contributed by atoms with E-state index < -0.39 is 11.9 Å². The second kappa shape index (κ2) is 13.3. The summed E-state index contributed by atoms with van der Waals surface area (Å²) in [5.74, 6) is -0.750. The molecule has 0 aliphatic carbocycles. The zero-order chi connectivity index (χ0) is 31.2. The van der Waals surface area contributed by atoms with E-state index in [1.54, 1.807) is 54.6 Å². The van der Waals surface area contributed by atoms with Crippen LogP contribution >= 0.6 is 22.6 Å². The van der Waals surface area contributed by atoms with Gasteiger partial charge in [-0.25, -0.2) is 14.8 Å². The van der Waals surface area contributed by atoms with Crippen LogP contribution in [0.3, 0.4) is 0 Å². The first-order valence-corrected chi connectivity index (χ1v) is 15.0. The van der Waals surface area contributed by atoms with Gasteiger partial charge >= 0.3 is 5.97 Å². The molecule has 6 aromatic rings. The molecule has 0 aliphatic rings. The van der Waals surface area contributed by atoms with Crippen LogP contribution in [0.4, 0.5) is 5.69 Å². The number of amides is 1. The molecule has 1 heterocycles. The Labute approximate surface area is 273 Å². The quantitative estimate of drug-likeness (QED) is 0.0591. The summed E-state index contributed by atoms with van der Waals surface area (Å²) in [5.41, 5.74) is 6.02. The normalized spacial score (nSPS) is 11.1. The van der Waals surface area contributed by atoms with Gasteiger partial charge in [0, 0.05) is 20.4 Å². The average Bonchev–Trinajstić information content (AvgIpc) is 3.08. The topological polar surface area (TPSA) is 105 Å². The van der Waals surface area contributed by atoms with Gasteiger partial charge in [-0.15, -0.1) is 0 Å². The third kappa shape index (κ3) is 6.95. The molecule has 0 atom stereocenters. The first-order valence-electron chi connectivity index (χ1n) is 13.9. The standard InChI is InChI=1S/C37H23IN4O3/c38-29-14-16-30(17-15-29)40-36(43)28(23-39)21-24-11-18-31(19-12-24)45-37(44)27-13-20-32-33(22-27)42-35(26-9-5-2-6-10-26)34(41-32)25-7-3-1-4-8-25/h1-22H,(H,40,43)/b28-21+. The van der Waals surface area contributed by atoms with Crippen LogP contribution in [-0.2, 0) is 4.79 Å². The summed E-state index contributed by atoms with van der Waals surface area (Å²) < 4.78 is 6.66. The zero-order valence-corrected chi connectivity index (χ0v) is 25.8. The van der Waals surface area contributed by atoms with Crippen LogP contribution in [0.2, 0.25) is 0 Å². The maximum atomic E-state index is 13.1. The second-order valence-electron chi connectivity index (χ2n) is 9.95. The lowest BCUT2D eigenvalue weighted by Gasteiger charge is -2.11. The van der Waals surface area contributed by atoms with Crippen LogP contribution in [0.1, 0.15) is 15.9 Å². The van der Waals surface area contributed by atoms with E-state index in [-0.39, 0.29) is 5.57 Å². The van der Waals surface area contributed by atoms with E-state index in [0.717, 1.165) is 20.4 Å². The van der Waals surface area contributed by atoms with Gasteiger partial charge in [-0.2, -0.15) is 5.26 Å². The number of fused-ring (bicyclic) bond motifs is 1. The predicted molar refractivity (Wildman–Crippen MR) is 183 cm³/mol. The summed E-state index contributed by atoms with van der Waals surface area (Å²) in [4.78, 5) is 35.6. The molecule has 45 heavy (non-hydrogen) atoms. The van der Waals surface area contributed by atoms with Crippen LogP contribution in [0.25, 0.3) is 39.6 Å². The molecular formula is C37H23IN4O3. The Morgan fingerprint density at radius 3 is 1.93 bits per heavy atom. The van der Waals surface area contributed by atoms with E-state index in [2.05, 4.69) is 27.9 Å². The number of hydrogen-bond acceptors (Lipinski definition) is 6. The first kappa shape index (κ1) is 29.4. The van der Waals surface area contributed by atoms with Crippen molar-refractivity contribution in [1.82, 2.24) is 9.97 Å². The van der Waals surface area contributed by atoms with Gasteiger partial charge in [-0.05, 0) is 88.8 Å². The number of halogens is 1. The summed E-state index contributed by atoms with van der Waals surface area (Å²) in [5, 5.41) is 12.3. The largest absolute Gasteiger partial charge is 0.423 e. The van der Waals surface area contributed by atoms with Gasteiger partial charge in [-0.1, -0.05) is 72.8 Å². The fourth-order valence-corrected chi connectivity index (χ4v) is 4.98. The van der Waals surface area contributed by atoms with Crippen LogP contribution in [0.15, 0.2) is 133 Å². The van der Waals surface area contributed by atoms with Gasteiger partial charge in [-0.3, -0.25) is 4.79 Å². The van der Waals surface area contributed by atoms with Crippen molar-refractivity contribution in [1.29, 1.82) is 5.26 Å². The Balaban J connectivity index is 1.21. The first-order chi connectivity index (χ1) is 22.0. The number of anilines is 1. The molecule has 0 aliphatic heterocycles. The second-order valence-corrected chi connectivity index (χ2v) is 11.2. The Hall–Kier alpha value is -5.66. The maximum absolute atomic E-state index is 13.1. The number of carbonyl (C=O) groups excluding carboxylic acids is 2. The lowest BCUT2D eigenvalue weighted by molar-refractivity contribution is -0.112. The Morgan fingerprint density at radius 2 is 1.33 bits per heavy atom. The number of benzene rings is 5. The van der Waals surface area contributed by atoms with E-state index >= 15 is 0 Å². The summed E-state index contributed by atoms with van der Waals surface area (Å²) in [7, 11) is 0. The van der Waals surface area contributed by atoms with Gasteiger partial charge < -0.3 is 10.1 Å². The molecule has 1 aromatic heterocycles. The molecule has 0 fully saturated rings. The third-order valence-electron chi connectivity index (χ3n) is 6.86. The Kier molecular flexibility index (Phi) is 8.71. The SMILES string of the molecule is N#C/C(=C\c1ccc(OC(=O)c2ccc3nc(-c4ccccc4)c(-c4ccccc4)nc3c2)cc1)C(=O)Nc1ccc(I)cc1. The summed E-state index contributed by atoms with van der Waals surface area (Å²) in [6.07, 6.45) is 1.48. The summed E-state index contributed by atoms with van der Waals surface area (Å²) in [6.45, 7) is 0. The Bertz CT molecular complexity index is 2090. The average molecular weight is 699 g/mol. The number of nitrogens with one attached hydrogen (secondary N) is 1. The van der Waals surface area contributed by atoms with Crippen molar-refractivity contribution in [2.75, 3.05) is 5.32 Å². The highest BCUT2D eigenvalue weighted by Gasteiger charge is 2.16. The lowest BCUT2D eigenvalue weighted by Crippen LogP contribution is -2.13. The number of nitrogens with zero attached hydrogens (tertiary/aromatic N) is 3. The molecule has 216 valence electrons. The molecule has 6 rings (SSSR count). The lowest BCUT2D eigenvalue weighted by atomic mass is 10.0. The van der Waals surface area contributed by atoms with Gasteiger partial charge in [0.2, 0.25) is 0 Å². The minimum atomic E-state index is -0.551. The van der Waals surface area contributed by atoms with Crippen LogP contribution < -0.4 is 10.1 Å². The van der Waals surface area contributed by atoms with Gasteiger partial charge in [0.05, 0.1) is 28.0 Å². The third-order valence-corrected chi connectivity index (χ3v) is 7.58. The van der Waals surface area contributed by atoms with E-state index in [9.17, 15) is 14.9 Å². The zero-order valence-electron chi connectivity index (χ0n) is 23.6. The molecular weight excluding hydrogens is 675 g/mol. The summed E-state index contributed by atoms with van der Waals surface area (Å²) >= 11 is 2.17. The smallest absolute Gasteiger partial charge is 0.343 e. The fraction of sp³-hybridized carbons (Fsp3) is 0. The highest BCUT2D eigenvalue weighted by Crippen LogP contribution is 2.31. The molecule has 7 nitrogen and oxygen atoms in total. The van der Waals surface area contributed by atoms with E-state index in [4.69, 9.17) is 14.7 Å². The van der Waals surface area contributed by atoms with Crippen LogP contribution in [0, 0.1) is 14.9 Å². The van der Waals surface area contributed by atoms with Crippen molar-refractivity contribution in [3.8, 4) is 34.3 Å². The van der Waals surface area contributed by atoms with Gasteiger partial charge in [0.15, 0.2) is 0 Å². The van der Waals surface area contributed by atoms with Crippen molar-refractivity contribution >= 4 is 57.3 Å². The molecule has 8 heteroatoms. The Morgan fingerprint density at radius 1 is 0.733 bits per heavy atom. The van der Waals surface area contributed by atoms with Crippen LogP contribution in [0.5, 0.6) is 5.75 Å². The van der Waals surface area contributed by atoms with E-state index in [1.165, 1.54) is 6.08 Å². The molecule has 0 saturated heterocycles. The number of nitriles is 1. The fourth-order valence-electron chi connectivity index (χ4n) is 4.62. The number of ether oxygens (including phenoxy) is 1. The molecule has 0 saturated carbocycles. The highest BCUT2D eigenvalue weighted by atomic mass is 127. The molecule has 1 amide bonds. The van der Waals surface area contributed by atoms with E-state index in [0.29, 0.717) is 39.3 Å². The number of esters is 1. The van der Waals surface area contributed by atoms with Crippen molar-refractivity contribution < 1.29 is 14.3 Å². The maximum Gasteiger partial charge on any atom is 0.343 e. The molecule has 0 spiro atoms. The number of hydrogen-bond donors (Lipinski definition) is 1. The molecule has 0 radical (unpaired) electrons. The van der Waals surface area contributed by atoms with Gasteiger partial charge in [0.1, 0.15) is 17.4 Å². The number of rotatable bonds is 7. The molecule has 1 N–H and O–H groups in total. The van der Waals surface area contributed by atoms with Crippen molar-refractivity contribution in [2.24, 2.45) is 0 Å². The van der Waals surface area contributed by atoms with Crippen molar-refractivity contribution in [3.05, 3.63) is 148 Å². The minimum Gasteiger partial charge on any atom is -0.423 e. The highest BCUT2D eigenvalue weighted by molar-refractivity contribution is 14.1. The molecule has 5 aromatic carbocycles. The van der Waals surface area contributed by atoms with Crippen molar-refractivity contribution in [3.63, 3.8) is 0 Å². The summed E-state index contributed by atoms with van der Waals surface area (Å²) in [6, 6.07) is 40.5. The molecule has 0 unspecified atom stereocenters. The monoisotopic (exact) mass is 698 g/mol. The molecule has 0 bridgehead atoms. The minimum absolute atomic E-state index is 0.0548. The van der Waals surface area contributed by atoms with E-state index in [1.807, 2.05) is 78.9 Å². The van der Waals surface area contributed by atoms with Crippen LogP contribution in [-0.4, -0.2) is 21.8 Å². The predicted octanol–water partition coefficient (Wildman–Crippen LogP) is 8.33. The number of aromatic nitrogens is 2. The number of carbonyl (C=O) groups is 2.